The van der Waals surface area contributed by atoms with Gasteiger partial charge in [-0.2, -0.15) is 0 Å². The number of methoxy groups -OCH3 is 2. The van der Waals surface area contributed by atoms with E-state index < -0.39 is 5.91 Å². The summed E-state index contributed by atoms with van der Waals surface area (Å²) in [5.74, 6) is 0.364. The Morgan fingerprint density at radius 2 is 1.91 bits per heavy atom. The molecule has 1 aromatic heterocycles. The summed E-state index contributed by atoms with van der Waals surface area (Å²) < 4.78 is 11.4. The second kappa shape index (κ2) is 9.41. The Balaban J connectivity index is 1.38. The number of nitrogens with one attached hydrogen (secondary N) is 1. The van der Waals surface area contributed by atoms with Crippen molar-refractivity contribution in [2.24, 2.45) is 0 Å². The van der Waals surface area contributed by atoms with Gasteiger partial charge in [-0.15, -0.1) is 11.3 Å². The average Bonchev–Trinajstić information content (AvgIpc) is 3.35. The first kappa shape index (κ1) is 21.8. The molecule has 0 spiro atoms. The number of hydrogen-bond acceptors (Lipinski definition) is 8. The Kier molecular flexibility index (Phi) is 6.42. The van der Waals surface area contributed by atoms with Crippen molar-refractivity contribution >= 4 is 56.4 Å². The summed E-state index contributed by atoms with van der Waals surface area (Å²) in [6, 6.07) is 12.7. The van der Waals surface area contributed by atoms with E-state index in [4.69, 9.17) is 9.47 Å². The molecule has 164 valence electrons. The molecule has 1 saturated heterocycles. The summed E-state index contributed by atoms with van der Waals surface area (Å²) >= 11 is 2.16. The zero-order chi connectivity index (χ0) is 22.7. The van der Waals surface area contributed by atoms with Crippen LogP contribution in [0.25, 0.3) is 16.3 Å². The van der Waals surface area contributed by atoms with Crippen LogP contribution in [0, 0.1) is 0 Å². The number of nitrogens with zero attached hydrogens (tertiary/aromatic N) is 2. The lowest BCUT2D eigenvalue weighted by Crippen LogP contribution is -2.37. The summed E-state index contributed by atoms with van der Waals surface area (Å²) in [6.07, 6.45) is 1.63. The number of imide groups is 1. The molecule has 0 bridgehead atoms. The maximum atomic E-state index is 12.7. The van der Waals surface area contributed by atoms with E-state index in [0.29, 0.717) is 27.0 Å². The number of hydrogen-bond donors (Lipinski definition) is 1. The van der Waals surface area contributed by atoms with E-state index in [9.17, 15) is 14.4 Å². The second-order valence-corrected chi connectivity index (χ2v) is 8.71. The van der Waals surface area contributed by atoms with E-state index in [-0.39, 0.29) is 24.2 Å². The number of carbonyl (C=O) groups is 3. The largest absolute Gasteiger partial charge is 0.493 e. The number of carbonyl (C=O) groups excluding carboxylic acids is 3. The first-order valence-electron chi connectivity index (χ1n) is 9.61. The van der Waals surface area contributed by atoms with Crippen LogP contribution in [-0.2, 0) is 4.79 Å². The van der Waals surface area contributed by atoms with Crippen LogP contribution in [0.4, 0.5) is 4.79 Å². The van der Waals surface area contributed by atoms with Crippen LogP contribution >= 0.6 is 23.1 Å². The van der Waals surface area contributed by atoms with Gasteiger partial charge in [0.05, 0.1) is 29.3 Å². The molecule has 1 aliphatic heterocycles. The SMILES string of the molecule is COc1ccc(/C=C2/SC(=O)N(CCNC(=O)c3nc4ccccc4s3)C2=O)cc1OC. The fraction of sp³-hybridized carbons (Fsp3) is 0.182. The fourth-order valence-electron chi connectivity index (χ4n) is 3.11. The highest BCUT2D eigenvalue weighted by Crippen LogP contribution is 2.34. The third-order valence-electron chi connectivity index (χ3n) is 4.69. The van der Waals surface area contributed by atoms with Crippen molar-refractivity contribution in [3.8, 4) is 11.5 Å². The molecule has 2 aromatic carbocycles. The Hall–Kier alpha value is -3.37. The summed E-state index contributed by atoms with van der Waals surface area (Å²) in [5.41, 5.74) is 1.46. The minimum Gasteiger partial charge on any atom is -0.493 e. The van der Waals surface area contributed by atoms with E-state index in [1.54, 1.807) is 31.4 Å². The van der Waals surface area contributed by atoms with Crippen LogP contribution < -0.4 is 14.8 Å². The maximum absolute atomic E-state index is 12.7. The normalized spacial score (nSPS) is 14.9. The van der Waals surface area contributed by atoms with Crippen LogP contribution in [-0.4, -0.2) is 54.2 Å². The van der Waals surface area contributed by atoms with E-state index in [1.807, 2.05) is 24.3 Å². The minimum atomic E-state index is -0.399. The topological polar surface area (TPSA) is 97.8 Å². The van der Waals surface area contributed by atoms with E-state index in [1.165, 1.54) is 18.4 Å². The molecule has 1 N–H and O–H groups in total. The Bertz CT molecular complexity index is 1200. The number of rotatable bonds is 7. The molecule has 0 radical (unpaired) electrons. The van der Waals surface area contributed by atoms with Gasteiger partial charge >= 0.3 is 0 Å². The molecule has 0 atom stereocenters. The summed E-state index contributed by atoms with van der Waals surface area (Å²) in [5, 5.41) is 2.69. The Labute approximate surface area is 192 Å². The van der Waals surface area contributed by atoms with Crippen LogP contribution in [0.1, 0.15) is 15.4 Å². The van der Waals surface area contributed by atoms with Crippen LogP contribution in [0.2, 0.25) is 0 Å². The molecule has 0 unspecified atom stereocenters. The summed E-state index contributed by atoms with van der Waals surface area (Å²) in [7, 11) is 3.07. The second-order valence-electron chi connectivity index (χ2n) is 6.69. The molecule has 3 aromatic rings. The lowest BCUT2D eigenvalue weighted by atomic mass is 10.2. The molecule has 8 nitrogen and oxygen atoms in total. The number of aromatic nitrogens is 1. The molecule has 0 aliphatic carbocycles. The predicted molar refractivity (Wildman–Crippen MR) is 124 cm³/mol. The van der Waals surface area contributed by atoms with Gasteiger partial charge < -0.3 is 14.8 Å². The van der Waals surface area contributed by atoms with Crippen LogP contribution in [0.3, 0.4) is 0 Å². The smallest absolute Gasteiger partial charge is 0.293 e. The molecule has 2 heterocycles. The van der Waals surface area contributed by atoms with Gasteiger partial charge in [0, 0.05) is 13.1 Å². The van der Waals surface area contributed by atoms with E-state index in [0.717, 1.165) is 26.9 Å². The summed E-state index contributed by atoms with van der Waals surface area (Å²) in [4.78, 5) is 43.1. The quantitative estimate of drug-likeness (QED) is 0.526. The molecular weight excluding hydrogens is 450 g/mol. The van der Waals surface area contributed by atoms with E-state index in [2.05, 4.69) is 10.3 Å². The number of amides is 3. The average molecular weight is 470 g/mol. The molecule has 4 rings (SSSR count). The number of benzene rings is 2. The minimum absolute atomic E-state index is 0.0740. The molecular formula is C22H19N3O5S2. The number of para-hydroxylation sites is 1. The van der Waals surface area contributed by atoms with Crippen LogP contribution in [0.15, 0.2) is 47.4 Å². The van der Waals surface area contributed by atoms with Gasteiger partial charge in [0.15, 0.2) is 16.5 Å². The van der Waals surface area contributed by atoms with Gasteiger partial charge in [-0.05, 0) is 47.7 Å². The lowest BCUT2D eigenvalue weighted by Gasteiger charge is -2.12. The van der Waals surface area contributed by atoms with Crippen molar-refractivity contribution in [3.05, 3.63) is 57.9 Å². The fourth-order valence-corrected chi connectivity index (χ4v) is 4.86. The van der Waals surface area contributed by atoms with Crippen molar-refractivity contribution in [3.63, 3.8) is 0 Å². The van der Waals surface area contributed by atoms with Gasteiger partial charge in [-0.3, -0.25) is 19.3 Å². The molecule has 1 aliphatic rings. The standard InChI is InChI=1S/C22H19N3O5S2/c1-29-15-8-7-13(11-16(15)30-2)12-18-21(27)25(22(28)32-18)10-9-23-19(26)20-24-14-5-3-4-6-17(14)31-20/h3-8,11-12H,9-10H2,1-2H3,(H,23,26)/b18-12+. The van der Waals surface area contributed by atoms with Gasteiger partial charge in [-0.25, -0.2) is 4.98 Å². The zero-order valence-electron chi connectivity index (χ0n) is 17.3. The Morgan fingerprint density at radius 1 is 1.12 bits per heavy atom. The summed E-state index contributed by atoms with van der Waals surface area (Å²) in [6.45, 7) is 0.209. The maximum Gasteiger partial charge on any atom is 0.293 e. The van der Waals surface area contributed by atoms with Crippen molar-refractivity contribution in [2.45, 2.75) is 0 Å². The molecule has 10 heteroatoms. The highest BCUT2D eigenvalue weighted by molar-refractivity contribution is 8.18. The van der Waals surface area contributed by atoms with Gasteiger partial charge in [0.1, 0.15) is 0 Å². The highest BCUT2D eigenvalue weighted by Gasteiger charge is 2.34. The highest BCUT2D eigenvalue weighted by atomic mass is 32.2. The van der Waals surface area contributed by atoms with Gasteiger partial charge in [-0.1, -0.05) is 18.2 Å². The van der Waals surface area contributed by atoms with E-state index >= 15 is 0 Å². The third-order valence-corrected chi connectivity index (χ3v) is 6.63. The van der Waals surface area contributed by atoms with Gasteiger partial charge in [0.2, 0.25) is 0 Å². The molecule has 1 fully saturated rings. The number of ether oxygens (including phenoxy) is 2. The molecule has 32 heavy (non-hydrogen) atoms. The van der Waals surface area contributed by atoms with Crippen molar-refractivity contribution < 1.29 is 23.9 Å². The lowest BCUT2D eigenvalue weighted by molar-refractivity contribution is -0.122. The molecule has 3 amide bonds. The van der Waals surface area contributed by atoms with Crippen molar-refractivity contribution in [1.29, 1.82) is 0 Å². The Morgan fingerprint density at radius 3 is 2.66 bits per heavy atom. The predicted octanol–water partition coefficient (Wildman–Crippen LogP) is 3.78. The zero-order valence-corrected chi connectivity index (χ0v) is 18.9. The number of thioether (sulfide) groups is 1. The van der Waals surface area contributed by atoms with Gasteiger partial charge in [0.25, 0.3) is 17.1 Å². The number of fused-ring (bicyclic) bond motifs is 1. The third kappa shape index (κ3) is 4.46. The number of thiazole rings is 1. The van der Waals surface area contributed by atoms with Crippen LogP contribution in [0.5, 0.6) is 11.5 Å². The molecule has 0 saturated carbocycles. The first-order valence-corrected chi connectivity index (χ1v) is 11.2. The van der Waals surface area contributed by atoms with Crippen molar-refractivity contribution in [1.82, 2.24) is 15.2 Å². The van der Waals surface area contributed by atoms with Crippen molar-refractivity contribution in [2.75, 3.05) is 27.3 Å². The monoisotopic (exact) mass is 469 g/mol. The first-order chi connectivity index (χ1) is 15.5.